The molecule has 1 saturated heterocycles. The smallest absolute Gasteiger partial charge is 0.348 e. The second-order valence-electron chi connectivity index (χ2n) is 9.83. The topological polar surface area (TPSA) is 55.8 Å². The van der Waals surface area contributed by atoms with Gasteiger partial charge >= 0.3 is 11.9 Å². The molecule has 0 unspecified atom stereocenters. The molecule has 4 rings (SSSR count). The van der Waals surface area contributed by atoms with E-state index in [4.69, 9.17) is 9.47 Å². The summed E-state index contributed by atoms with van der Waals surface area (Å²) in [6.45, 7) is 5.20. The molecule has 0 amide bonds. The Balaban J connectivity index is 1.62. The molecule has 0 aromatic heterocycles. The lowest BCUT2D eigenvalue weighted by atomic mass is 9.89. The minimum absolute atomic E-state index is 0.246. The van der Waals surface area contributed by atoms with Gasteiger partial charge in [0.05, 0.1) is 0 Å². The molecule has 1 heterocycles. The standard InChI is InChI=1S/C30H33NO4/c1-30(2)22-34-29(33)27(30)35-28(32)26(19-18-23-12-6-3-7-13-23)31(20-24-14-8-4-9-15-24)21-25-16-10-5-11-17-25/h3-17,26-27H,18-22H2,1-2H3/t26-,27-/m0/s1. The summed E-state index contributed by atoms with van der Waals surface area (Å²) in [6, 6.07) is 29.9. The predicted octanol–water partition coefficient (Wildman–Crippen LogP) is 5.19. The Morgan fingerprint density at radius 3 is 1.83 bits per heavy atom. The molecule has 0 radical (unpaired) electrons. The van der Waals surface area contributed by atoms with E-state index in [9.17, 15) is 9.59 Å². The number of hydrogen-bond donors (Lipinski definition) is 0. The van der Waals surface area contributed by atoms with Crippen LogP contribution in [0.2, 0.25) is 0 Å². The number of ether oxygens (including phenoxy) is 2. The van der Waals surface area contributed by atoms with E-state index < -0.39 is 23.5 Å². The molecule has 182 valence electrons. The van der Waals surface area contributed by atoms with Crippen LogP contribution in [0.5, 0.6) is 0 Å². The van der Waals surface area contributed by atoms with Crippen LogP contribution in [0, 0.1) is 5.41 Å². The summed E-state index contributed by atoms with van der Waals surface area (Å²) in [4.78, 5) is 28.2. The summed E-state index contributed by atoms with van der Waals surface area (Å²) in [5, 5.41) is 0. The van der Waals surface area contributed by atoms with E-state index >= 15 is 0 Å². The van der Waals surface area contributed by atoms with Crippen LogP contribution in [-0.2, 0) is 38.6 Å². The molecule has 1 aliphatic heterocycles. The maximum absolute atomic E-state index is 13.7. The number of hydrogen-bond acceptors (Lipinski definition) is 5. The van der Waals surface area contributed by atoms with E-state index in [0.29, 0.717) is 19.5 Å². The number of benzene rings is 3. The van der Waals surface area contributed by atoms with E-state index in [1.165, 1.54) is 0 Å². The molecular formula is C30H33NO4. The van der Waals surface area contributed by atoms with Gasteiger partial charge in [-0.05, 0) is 29.5 Å². The number of esters is 2. The van der Waals surface area contributed by atoms with Gasteiger partial charge in [-0.25, -0.2) is 4.79 Å². The molecule has 35 heavy (non-hydrogen) atoms. The van der Waals surface area contributed by atoms with Crippen LogP contribution in [0.25, 0.3) is 0 Å². The second-order valence-corrected chi connectivity index (χ2v) is 9.83. The monoisotopic (exact) mass is 471 g/mol. The van der Waals surface area contributed by atoms with Gasteiger partial charge in [0.1, 0.15) is 12.6 Å². The summed E-state index contributed by atoms with van der Waals surface area (Å²) < 4.78 is 11.1. The lowest BCUT2D eigenvalue weighted by molar-refractivity contribution is -0.168. The Morgan fingerprint density at radius 1 is 0.886 bits per heavy atom. The normalized spacial score (nSPS) is 17.7. The third-order valence-electron chi connectivity index (χ3n) is 6.46. The fourth-order valence-corrected chi connectivity index (χ4v) is 4.44. The maximum Gasteiger partial charge on any atom is 0.348 e. The Hall–Kier alpha value is -3.44. The number of carbonyl (C=O) groups is 2. The first kappa shape index (κ1) is 24.7. The van der Waals surface area contributed by atoms with Gasteiger partial charge in [-0.3, -0.25) is 9.69 Å². The summed E-state index contributed by atoms with van der Waals surface area (Å²) in [5.74, 6) is -0.854. The van der Waals surface area contributed by atoms with Gasteiger partial charge in [-0.2, -0.15) is 0 Å². The zero-order valence-electron chi connectivity index (χ0n) is 20.4. The van der Waals surface area contributed by atoms with Gasteiger partial charge in [0.15, 0.2) is 0 Å². The van der Waals surface area contributed by atoms with Crippen molar-refractivity contribution in [2.45, 2.75) is 51.9 Å². The van der Waals surface area contributed by atoms with E-state index in [0.717, 1.165) is 23.1 Å². The molecule has 0 bridgehead atoms. The highest BCUT2D eigenvalue weighted by molar-refractivity contribution is 5.83. The van der Waals surface area contributed by atoms with E-state index in [1.807, 2.05) is 68.4 Å². The maximum atomic E-state index is 13.7. The summed E-state index contributed by atoms with van der Waals surface area (Å²) in [6.07, 6.45) is 0.397. The third-order valence-corrected chi connectivity index (χ3v) is 6.46. The molecule has 1 fully saturated rings. The average molecular weight is 472 g/mol. The number of cyclic esters (lactones) is 1. The van der Waals surface area contributed by atoms with Gasteiger partial charge in [0.2, 0.25) is 6.10 Å². The van der Waals surface area contributed by atoms with Crippen molar-refractivity contribution < 1.29 is 19.1 Å². The lowest BCUT2D eigenvalue weighted by Gasteiger charge is -2.32. The summed E-state index contributed by atoms with van der Waals surface area (Å²) in [5.41, 5.74) is 2.83. The molecular weight excluding hydrogens is 438 g/mol. The van der Waals surface area contributed by atoms with Crippen molar-refractivity contribution in [2.75, 3.05) is 6.61 Å². The molecule has 0 N–H and O–H groups in total. The van der Waals surface area contributed by atoms with E-state index in [1.54, 1.807) is 0 Å². The zero-order valence-corrected chi connectivity index (χ0v) is 20.4. The number of rotatable bonds is 10. The van der Waals surface area contributed by atoms with Crippen molar-refractivity contribution in [3.05, 3.63) is 108 Å². The van der Waals surface area contributed by atoms with E-state index in [2.05, 4.69) is 41.3 Å². The Bertz CT molecular complexity index is 1060. The highest BCUT2D eigenvalue weighted by atomic mass is 16.6. The first-order chi connectivity index (χ1) is 16.9. The quantitative estimate of drug-likeness (QED) is 0.381. The van der Waals surface area contributed by atoms with Crippen molar-refractivity contribution in [2.24, 2.45) is 5.41 Å². The molecule has 3 aromatic rings. The first-order valence-electron chi connectivity index (χ1n) is 12.2. The number of nitrogens with zero attached hydrogens (tertiary/aromatic N) is 1. The molecule has 2 atom stereocenters. The van der Waals surface area contributed by atoms with Crippen LogP contribution in [0.3, 0.4) is 0 Å². The van der Waals surface area contributed by atoms with E-state index in [-0.39, 0.29) is 12.6 Å². The van der Waals surface area contributed by atoms with Crippen LogP contribution >= 0.6 is 0 Å². The zero-order chi connectivity index (χ0) is 24.7. The Kier molecular flexibility index (Phi) is 7.98. The Morgan fingerprint density at radius 2 is 1.37 bits per heavy atom. The van der Waals surface area contributed by atoms with Crippen LogP contribution in [0.4, 0.5) is 0 Å². The van der Waals surface area contributed by atoms with Crippen molar-refractivity contribution >= 4 is 11.9 Å². The SMILES string of the molecule is CC1(C)COC(=O)[C@@H]1OC(=O)[C@H](CCc1ccccc1)N(Cc1ccccc1)Cc1ccccc1. The molecule has 1 aliphatic rings. The lowest BCUT2D eigenvalue weighted by Crippen LogP contribution is -2.45. The van der Waals surface area contributed by atoms with Gasteiger partial charge in [0.25, 0.3) is 0 Å². The van der Waals surface area contributed by atoms with Crippen molar-refractivity contribution in [1.29, 1.82) is 0 Å². The minimum Gasteiger partial charge on any atom is -0.462 e. The fourth-order valence-electron chi connectivity index (χ4n) is 4.44. The molecule has 5 heteroatoms. The third kappa shape index (κ3) is 6.58. The summed E-state index contributed by atoms with van der Waals surface area (Å²) in [7, 11) is 0. The molecule has 3 aromatic carbocycles. The van der Waals surface area contributed by atoms with Gasteiger partial charge < -0.3 is 9.47 Å². The fraction of sp³-hybridized carbons (Fsp3) is 0.333. The molecule has 0 spiro atoms. The van der Waals surface area contributed by atoms with Crippen molar-refractivity contribution in [3.63, 3.8) is 0 Å². The van der Waals surface area contributed by atoms with Crippen molar-refractivity contribution in [3.8, 4) is 0 Å². The highest BCUT2D eigenvalue weighted by Gasteiger charge is 2.47. The summed E-state index contributed by atoms with van der Waals surface area (Å²) >= 11 is 0. The van der Waals surface area contributed by atoms with Crippen LogP contribution in [0.1, 0.15) is 37.0 Å². The largest absolute Gasteiger partial charge is 0.462 e. The molecule has 5 nitrogen and oxygen atoms in total. The molecule has 0 saturated carbocycles. The van der Waals surface area contributed by atoms with Gasteiger partial charge in [-0.1, -0.05) is 105 Å². The van der Waals surface area contributed by atoms with Crippen LogP contribution in [0.15, 0.2) is 91.0 Å². The van der Waals surface area contributed by atoms with Gasteiger partial charge in [0, 0.05) is 18.5 Å². The van der Waals surface area contributed by atoms with Crippen LogP contribution in [-0.4, -0.2) is 35.6 Å². The van der Waals surface area contributed by atoms with Crippen molar-refractivity contribution in [1.82, 2.24) is 4.90 Å². The molecule has 0 aliphatic carbocycles. The van der Waals surface area contributed by atoms with Gasteiger partial charge in [-0.15, -0.1) is 0 Å². The number of aryl methyl sites for hydroxylation is 1. The number of carbonyl (C=O) groups excluding carboxylic acids is 2. The minimum atomic E-state index is -0.899. The first-order valence-corrected chi connectivity index (χ1v) is 12.2. The predicted molar refractivity (Wildman–Crippen MR) is 135 cm³/mol. The second kappa shape index (κ2) is 11.3. The van der Waals surface area contributed by atoms with Crippen LogP contribution < -0.4 is 0 Å². The Labute approximate surface area is 207 Å². The average Bonchev–Trinajstić information content (AvgIpc) is 3.13. The highest BCUT2D eigenvalue weighted by Crippen LogP contribution is 2.32.